The standard InChI is InChI=1S/C23H38O5/c1-21-8-7-15(27)9-14(21)3-4-16-17-5-6-19(23(11-24,12-25)13-26)22(17,2)10-18(28)20(16)21/h14-17,19-20,24-27H,3-13H2,1-2H3/t14-,15-,16+,17+,19+,20-,21+,22+/m1/s1. The smallest absolute Gasteiger partial charge is 0.137 e. The lowest BCUT2D eigenvalue weighted by Crippen LogP contribution is -2.59. The van der Waals surface area contributed by atoms with Crippen LogP contribution in [0.2, 0.25) is 0 Å². The minimum Gasteiger partial charge on any atom is -0.396 e. The van der Waals surface area contributed by atoms with E-state index in [1.807, 2.05) is 0 Å². The van der Waals surface area contributed by atoms with E-state index in [1.54, 1.807) is 0 Å². The van der Waals surface area contributed by atoms with Crippen molar-refractivity contribution in [3.8, 4) is 0 Å². The fourth-order valence-corrected chi connectivity index (χ4v) is 8.54. The van der Waals surface area contributed by atoms with E-state index >= 15 is 0 Å². The summed E-state index contributed by atoms with van der Waals surface area (Å²) in [7, 11) is 0. The molecule has 4 aliphatic rings. The van der Waals surface area contributed by atoms with Gasteiger partial charge in [0, 0.05) is 17.8 Å². The lowest BCUT2D eigenvalue weighted by molar-refractivity contribution is -0.168. The van der Waals surface area contributed by atoms with Crippen molar-refractivity contribution in [2.45, 2.75) is 71.3 Å². The fraction of sp³-hybridized carbons (Fsp3) is 0.957. The lowest BCUT2D eigenvalue weighted by Gasteiger charge is -2.60. The van der Waals surface area contributed by atoms with Crippen LogP contribution >= 0.6 is 0 Å². The summed E-state index contributed by atoms with van der Waals surface area (Å²) in [5.74, 6) is 1.61. The Hall–Kier alpha value is -0.490. The zero-order chi connectivity index (χ0) is 20.3. The second kappa shape index (κ2) is 7.04. The predicted molar refractivity (Wildman–Crippen MR) is 105 cm³/mol. The van der Waals surface area contributed by atoms with E-state index in [2.05, 4.69) is 13.8 Å². The van der Waals surface area contributed by atoms with Gasteiger partial charge in [0.2, 0.25) is 0 Å². The predicted octanol–water partition coefficient (Wildman–Crippen LogP) is 2.15. The van der Waals surface area contributed by atoms with Gasteiger partial charge in [0.05, 0.1) is 25.9 Å². The van der Waals surface area contributed by atoms with E-state index in [1.165, 1.54) is 0 Å². The zero-order valence-electron chi connectivity index (χ0n) is 17.4. The average Bonchev–Trinajstić information content (AvgIpc) is 3.01. The highest BCUT2D eigenvalue weighted by Crippen LogP contribution is 2.68. The van der Waals surface area contributed by atoms with Crippen LogP contribution in [0.4, 0.5) is 0 Å². The van der Waals surface area contributed by atoms with Crippen molar-refractivity contribution in [1.29, 1.82) is 0 Å². The first-order valence-corrected chi connectivity index (χ1v) is 11.3. The maximum absolute atomic E-state index is 13.6. The Labute approximate surface area is 168 Å². The van der Waals surface area contributed by atoms with Crippen LogP contribution in [0.25, 0.3) is 0 Å². The first-order chi connectivity index (χ1) is 13.3. The molecule has 4 rings (SSSR count). The molecule has 4 N–H and O–H groups in total. The monoisotopic (exact) mass is 394 g/mol. The number of ketones is 1. The van der Waals surface area contributed by atoms with Gasteiger partial charge < -0.3 is 20.4 Å². The summed E-state index contributed by atoms with van der Waals surface area (Å²) in [6.45, 7) is 3.75. The molecule has 5 nitrogen and oxygen atoms in total. The second-order valence-electron chi connectivity index (χ2n) is 11.1. The topological polar surface area (TPSA) is 98.0 Å². The molecule has 0 unspecified atom stereocenters. The van der Waals surface area contributed by atoms with Crippen LogP contribution in [0.5, 0.6) is 0 Å². The van der Waals surface area contributed by atoms with Crippen LogP contribution in [0.3, 0.4) is 0 Å². The summed E-state index contributed by atoms with van der Waals surface area (Å²) >= 11 is 0. The van der Waals surface area contributed by atoms with Crippen LogP contribution < -0.4 is 0 Å². The molecule has 0 bridgehead atoms. The highest BCUT2D eigenvalue weighted by Gasteiger charge is 2.65. The Bertz CT molecular complexity index is 608. The molecule has 0 amide bonds. The summed E-state index contributed by atoms with van der Waals surface area (Å²) in [4.78, 5) is 13.6. The number of fused-ring (bicyclic) bond motifs is 5. The van der Waals surface area contributed by atoms with Crippen LogP contribution in [0, 0.1) is 45.8 Å². The molecule has 0 radical (unpaired) electrons. The van der Waals surface area contributed by atoms with Crippen molar-refractivity contribution in [3.63, 3.8) is 0 Å². The zero-order valence-corrected chi connectivity index (χ0v) is 17.4. The third kappa shape index (κ3) is 2.69. The highest BCUT2D eigenvalue weighted by atomic mass is 16.3. The molecule has 0 aromatic carbocycles. The molecule has 0 spiro atoms. The van der Waals surface area contributed by atoms with Gasteiger partial charge in [-0.05, 0) is 79.4 Å². The minimum absolute atomic E-state index is 0.000666. The number of Topliss-reactive ketones (excluding diaryl/α,β-unsaturated/α-hetero) is 1. The number of aliphatic hydroxyl groups is 4. The Morgan fingerprint density at radius 1 is 0.964 bits per heavy atom. The summed E-state index contributed by atoms with van der Waals surface area (Å²) in [6, 6.07) is 0. The van der Waals surface area contributed by atoms with Crippen molar-refractivity contribution in [2.75, 3.05) is 19.8 Å². The molecule has 8 atom stereocenters. The van der Waals surface area contributed by atoms with Gasteiger partial charge in [0.25, 0.3) is 0 Å². The largest absolute Gasteiger partial charge is 0.396 e. The van der Waals surface area contributed by atoms with Gasteiger partial charge >= 0.3 is 0 Å². The molecule has 0 saturated heterocycles. The van der Waals surface area contributed by atoms with Crippen molar-refractivity contribution >= 4 is 5.78 Å². The van der Waals surface area contributed by atoms with Gasteiger partial charge in [0.1, 0.15) is 5.78 Å². The number of hydrogen-bond acceptors (Lipinski definition) is 5. The normalized spacial score (nSPS) is 48.7. The summed E-state index contributed by atoms with van der Waals surface area (Å²) in [5.41, 5.74) is -1.17. The maximum atomic E-state index is 13.6. The quantitative estimate of drug-likeness (QED) is 0.586. The molecule has 0 aromatic heterocycles. The molecule has 0 heterocycles. The first-order valence-electron chi connectivity index (χ1n) is 11.3. The minimum atomic E-state index is -0.910. The Morgan fingerprint density at radius 2 is 1.64 bits per heavy atom. The molecule has 28 heavy (non-hydrogen) atoms. The average molecular weight is 395 g/mol. The first kappa shape index (κ1) is 20.8. The highest BCUT2D eigenvalue weighted by molar-refractivity contribution is 5.84. The number of carbonyl (C=O) groups excluding carboxylic acids is 1. The van der Waals surface area contributed by atoms with Crippen molar-refractivity contribution in [3.05, 3.63) is 0 Å². The van der Waals surface area contributed by atoms with E-state index in [0.29, 0.717) is 30.0 Å². The van der Waals surface area contributed by atoms with Crippen LogP contribution in [-0.4, -0.2) is 52.1 Å². The van der Waals surface area contributed by atoms with Gasteiger partial charge in [-0.3, -0.25) is 4.79 Å². The Kier molecular flexibility index (Phi) is 5.22. The third-order valence-electron chi connectivity index (χ3n) is 10.0. The Balaban J connectivity index is 1.67. The van der Waals surface area contributed by atoms with Crippen LogP contribution in [0.1, 0.15) is 65.2 Å². The van der Waals surface area contributed by atoms with E-state index in [0.717, 1.165) is 44.9 Å². The summed E-state index contributed by atoms with van der Waals surface area (Å²) in [5, 5.41) is 40.3. The van der Waals surface area contributed by atoms with E-state index in [9.17, 15) is 25.2 Å². The van der Waals surface area contributed by atoms with Gasteiger partial charge in [-0.2, -0.15) is 0 Å². The summed E-state index contributed by atoms with van der Waals surface area (Å²) in [6.07, 6.45) is 6.86. The lowest BCUT2D eigenvalue weighted by atomic mass is 9.43. The van der Waals surface area contributed by atoms with Gasteiger partial charge in [-0.1, -0.05) is 13.8 Å². The number of hydrogen-bond donors (Lipinski definition) is 4. The van der Waals surface area contributed by atoms with Crippen molar-refractivity contribution in [2.24, 2.45) is 45.8 Å². The molecular formula is C23H38O5. The molecule has 0 aromatic rings. The molecule has 4 saturated carbocycles. The summed E-state index contributed by atoms with van der Waals surface area (Å²) < 4.78 is 0. The van der Waals surface area contributed by atoms with Gasteiger partial charge in [-0.25, -0.2) is 0 Å². The second-order valence-corrected chi connectivity index (χ2v) is 11.1. The van der Waals surface area contributed by atoms with Gasteiger partial charge in [0.15, 0.2) is 0 Å². The SMILES string of the molecule is C[C@]12CC[C@@H](O)C[C@H]1CC[C@H]1[C@@H]3CC[C@H](C(CO)(CO)CO)[C@@]3(C)CC(=O)[C@@H]12. The molecule has 160 valence electrons. The number of rotatable bonds is 4. The van der Waals surface area contributed by atoms with Crippen molar-refractivity contribution < 1.29 is 25.2 Å². The molecule has 5 heteroatoms. The molecular weight excluding hydrogens is 356 g/mol. The number of carbonyl (C=O) groups is 1. The van der Waals surface area contributed by atoms with E-state index < -0.39 is 5.41 Å². The number of aliphatic hydroxyl groups excluding tert-OH is 4. The molecule has 0 aliphatic heterocycles. The van der Waals surface area contributed by atoms with Crippen LogP contribution in [-0.2, 0) is 4.79 Å². The van der Waals surface area contributed by atoms with Crippen molar-refractivity contribution in [1.82, 2.24) is 0 Å². The third-order valence-corrected chi connectivity index (χ3v) is 10.0. The molecule has 4 fully saturated rings. The van der Waals surface area contributed by atoms with Crippen LogP contribution in [0.15, 0.2) is 0 Å². The molecule has 4 aliphatic carbocycles. The van der Waals surface area contributed by atoms with Gasteiger partial charge in [-0.15, -0.1) is 0 Å². The van der Waals surface area contributed by atoms with E-state index in [-0.39, 0.29) is 48.6 Å². The van der Waals surface area contributed by atoms with E-state index in [4.69, 9.17) is 0 Å². The fourth-order valence-electron chi connectivity index (χ4n) is 8.54. The Morgan fingerprint density at radius 3 is 2.29 bits per heavy atom. The maximum Gasteiger partial charge on any atom is 0.137 e.